The number of benzene rings is 1. The van der Waals surface area contributed by atoms with Crippen LogP contribution in [0, 0.1) is 11.6 Å². The quantitative estimate of drug-likeness (QED) is 0.784. The van der Waals surface area contributed by atoms with E-state index in [-0.39, 0.29) is 6.42 Å². The van der Waals surface area contributed by atoms with Gasteiger partial charge in [0.1, 0.15) is 18.0 Å². The summed E-state index contributed by atoms with van der Waals surface area (Å²) in [7, 11) is 0. The van der Waals surface area contributed by atoms with Gasteiger partial charge >= 0.3 is 0 Å². The van der Waals surface area contributed by atoms with Crippen molar-refractivity contribution in [1.29, 1.82) is 0 Å². The Bertz CT molecular complexity index is 983. The zero-order valence-corrected chi connectivity index (χ0v) is 13.7. The third-order valence-corrected chi connectivity index (χ3v) is 4.26. The Morgan fingerprint density at radius 2 is 1.85 bits per heavy atom. The second kappa shape index (κ2) is 6.68. The highest BCUT2D eigenvalue weighted by molar-refractivity contribution is 5.86. The van der Waals surface area contributed by atoms with E-state index >= 15 is 0 Å². The number of nitrogens with zero attached hydrogens (tertiary/aromatic N) is 4. The number of pyridine rings is 1. The maximum absolute atomic E-state index is 13.4. The van der Waals surface area contributed by atoms with Crippen LogP contribution >= 0.6 is 0 Å². The van der Waals surface area contributed by atoms with E-state index in [1.165, 1.54) is 18.5 Å². The number of aliphatic imine (C=N–C) groups is 1. The van der Waals surface area contributed by atoms with Crippen LogP contribution in [0.3, 0.4) is 0 Å². The molecule has 0 spiro atoms. The van der Waals surface area contributed by atoms with Crippen LogP contribution in [-0.4, -0.2) is 21.2 Å². The van der Waals surface area contributed by atoms with Crippen molar-refractivity contribution in [1.82, 2.24) is 15.0 Å². The molecule has 5 nitrogen and oxygen atoms in total. The van der Waals surface area contributed by atoms with Gasteiger partial charge in [-0.2, -0.15) is 0 Å². The van der Waals surface area contributed by atoms with Crippen molar-refractivity contribution in [2.45, 2.75) is 19.0 Å². The van der Waals surface area contributed by atoms with Crippen LogP contribution in [0.4, 0.5) is 8.78 Å². The van der Waals surface area contributed by atoms with E-state index in [4.69, 9.17) is 5.73 Å². The van der Waals surface area contributed by atoms with Gasteiger partial charge in [0, 0.05) is 41.4 Å². The molecule has 0 amide bonds. The predicted molar refractivity (Wildman–Crippen MR) is 93.6 cm³/mol. The summed E-state index contributed by atoms with van der Waals surface area (Å²) in [5.74, 6) is -1.26. The smallest absolute Gasteiger partial charge is 0.126 e. The summed E-state index contributed by atoms with van der Waals surface area (Å²) >= 11 is 0. The normalized spacial score (nSPS) is 13.7. The minimum absolute atomic E-state index is 0.249. The van der Waals surface area contributed by atoms with Gasteiger partial charge in [-0.05, 0) is 30.2 Å². The van der Waals surface area contributed by atoms with E-state index in [0.717, 1.165) is 28.5 Å². The molecule has 0 unspecified atom stereocenters. The lowest BCUT2D eigenvalue weighted by molar-refractivity contribution is 0.575. The number of nitrogens with two attached hydrogens (primary N) is 1. The Kier molecular flexibility index (Phi) is 4.22. The summed E-state index contributed by atoms with van der Waals surface area (Å²) in [4.78, 5) is 17.0. The lowest BCUT2D eigenvalue weighted by Crippen LogP contribution is -2.16. The fraction of sp³-hybridized carbons (Fsp3) is 0.158. The van der Waals surface area contributed by atoms with Gasteiger partial charge in [0.15, 0.2) is 0 Å². The maximum Gasteiger partial charge on any atom is 0.126 e. The van der Waals surface area contributed by atoms with E-state index in [1.54, 1.807) is 18.6 Å². The van der Waals surface area contributed by atoms with Gasteiger partial charge in [-0.3, -0.25) is 9.98 Å². The molecule has 1 aromatic carbocycles. The SMILES string of the molecule is N[C@@H](Cc1cc(F)cc(F)c1)c1ncncc1-c1cnc2c(c1)C=NC2. The van der Waals surface area contributed by atoms with Gasteiger partial charge in [0.05, 0.1) is 24.0 Å². The molecule has 3 aromatic rings. The summed E-state index contributed by atoms with van der Waals surface area (Å²) in [5.41, 5.74) is 10.8. The Hall–Kier alpha value is -3.06. The first kappa shape index (κ1) is 16.4. The fourth-order valence-electron chi connectivity index (χ4n) is 3.07. The molecule has 0 fully saturated rings. The zero-order valence-electron chi connectivity index (χ0n) is 13.7. The van der Waals surface area contributed by atoms with Gasteiger partial charge in [0.25, 0.3) is 0 Å². The van der Waals surface area contributed by atoms with Gasteiger partial charge in [-0.1, -0.05) is 0 Å². The molecule has 1 atom stereocenters. The largest absolute Gasteiger partial charge is 0.322 e. The number of hydrogen-bond acceptors (Lipinski definition) is 5. The first-order valence-corrected chi connectivity index (χ1v) is 8.10. The average molecular weight is 351 g/mol. The molecular formula is C19H15F2N5. The van der Waals surface area contributed by atoms with Crippen molar-refractivity contribution in [3.8, 4) is 11.1 Å². The molecule has 1 aliphatic heterocycles. The lowest BCUT2D eigenvalue weighted by Gasteiger charge is -2.15. The third-order valence-electron chi connectivity index (χ3n) is 4.26. The molecule has 4 rings (SSSR count). The molecule has 0 radical (unpaired) electrons. The highest BCUT2D eigenvalue weighted by Gasteiger charge is 2.18. The minimum Gasteiger partial charge on any atom is -0.322 e. The van der Waals surface area contributed by atoms with Crippen molar-refractivity contribution in [2.75, 3.05) is 0 Å². The standard InChI is InChI=1S/C19H15F2N5/c20-14-1-11(2-15(21)5-14)3-17(22)19-16(8-24-10-26-19)12-4-13-6-23-9-18(13)25-7-12/h1-2,4-8,10,17H,3,9,22H2/t17-/m0/s1. The number of hydrogen-bond donors (Lipinski definition) is 1. The van der Waals surface area contributed by atoms with Crippen molar-refractivity contribution in [3.63, 3.8) is 0 Å². The number of rotatable bonds is 4. The second-order valence-electron chi connectivity index (χ2n) is 6.14. The Balaban J connectivity index is 1.68. The van der Waals surface area contributed by atoms with E-state index < -0.39 is 17.7 Å². The topological polar surface area (TPSA) is 77.0 Å². The van der Waals surface area contributed by atoms with Crippen molar-refractivity contribution in [2.24, 2.45) is 10.7 Å². The van der Waals surface area contributed by atoms with Crippen LogP contribution in [0.15, 0.2) is 48.0 Å². The molecule has 2 N–H and O–H groups in total. The van der Waals surface area contributed by atoms with Crippen LogP contribution in [0.2, 0.25) is 0 Å². The molecule has 0 saturated carbocycles. The van der Waals surface area contributed by atoms with Gasteiger partial charge in [-0.15, -0.1) is 0 Å². The molecule has 2 aromatic heterocycles. The molecular weight excluding hydrogens is 336 g/mol. The van der Waals surface area contributed by atoms with Crippen molar-refractivity contribution in [3.05, 3.63) is 77.1 Å². The first-order valence-electron chi connectivity index (χ1n) is 8.10. The molecule has 26 heavy (non-hydrogen) atoms. The summed E-state index contributed by atoms with van der Waals surface area (Å²) in [6, 6.07) is 4.81. The molecule has 0 saturated heterocycles. The van der Waals surface area contributed by atoms with E-state index in [9.17, 15) is 8.78 Å². The Morgan fingerprint density at radius 3 is 2.65 bits per heavy atom. The summed E-state index contributed by atoms with van der Waals surface area (Å²) in [6.07, 6.45) is 6.85. The minimum atomic E-state index is -0.628. The molecule has 3 heterocycles. The molecule has 1 aliphatic rings. The predicted octanol–water partition coefficient (Wildman–Crippen LogP) is 2.99. The van der Waals surface area contributed by atoms with E-state index in [1.807, 2.05) is 6.07 Å². The number of fused-ring (bicyclic) bond motifs is 1. The third kappa shape index (κ3) is 3.21. The Morgan fingerprint density at radius 1 is 1.04 bits per heavy atom. The highest BCUT2D eigenvalue weighted by Crippen LogP contribution is 2.28. The Labute approximate surface area is 148 Å². The van der Waals surface area contributed by atoms with Crippen molar-refractivity contribution >= 4 is 6.21 Å². The van der Waals surface area contributed by atoms with Crippen LogP contribution in [-0.2, 0) is 13.0 Å². The number of aromatic nitrogens is 3. The van der Waals surface area contributed by atoms with Crippen LogP contribution in [0.25, 0.3) is 11.1 Å². The first-order chi connectivity index (χ1) is 12.6. The molecule has 130 valence electrons. The van der Waals surface area contributed by atoms with Gasteiger partial charge < -0.3 is 5.73 Å². The van der Waals surface area contributed by atoms with E-state index in [0.29, 0.717) is 17.8 Å². The zero-order chi connectivity index (χ0) is 18.1. The van der Waals surface area contributed by atoms with Crippen molar-refractivity contribution < 1.29 is 8.78 Å². The van der Waals surface area contributed by atoms with Crippen LogP contribution in [0.5, 0.6) is 0 Å². The fourth-order valence-corrected chi connectivity index (χ4v) is 3.07. The monoisotopic (exact) mass is 351 g/mol. The van der Waals surface area contributed by atoms with Crippen LogP contribution < -0.4 is 5.73 Å². The average Bonchev–Trinajstić information content (AvgIpc) is 3.08. The lowest BCUT2D eigenvalue weighted by atomic mass is 9.97. The summed E-state index contributed by atoms with van der Waals surface area (Å²) < 4.78 is 26.9. The molecule has 7 heteroatoms. The summed E-state index contributed by atoms with van der Waals surface area (Å²) in [6.45, 7) is 0.582. The molecule has 0 aliphatic carbocycles. The maximum atomic E-state index is 13.4. The van der Waals surface area contributed by atoms with Gasteiger partial charge in [-0.25, -0.2) is 18.7 Å². The van der Waals surface area contributed by atoms with Gasteiger partial charge in [0.2, 0.25) is 0 Å². The second-order valence-corrected chi connectivity index (χ2v) is 6.14. The highest BCUT2D eigenvalue weighted by atomic mass is 19.1. The number of halogens is 2. The van der Waals surface area contributed by atoms with Crippen LogP contribution in [0.1, 0.15) is 28.6 Å². The molecule has 0 bridgehead atoms. The summed E-state index contributed by atoms with van der Waals surface area (Å²) in [5, 5.41) is 0. The van der Waals surface area contributed by atoms with E-state index in [2.05, 4.69) is 19.9 Å².